The zero-order valence-corrected chi connectivity index (χ0v) is 18.3. The maximum Gasteiger partial charge on any atom is 0.318 e. The van der Waals surface area contributed by atoms with Gasteiger partial charge in [0.15, 0.2) is 0 Å². The van der Waals surface area contributed by atoms with Gasteiger partial charge < -0.3 is 10.2 Å². The molecule has 160 valence electrons. The van der Waals surface area contributed by atoms with Crippen molar-refractivity contribution in [1.82, 2.24) is 0 Å². The molecule has 4 heteroatoms. The van der Waals surface area contributed by atoms with Crippen LogP contribution in [-0.4, -0.2) is 22.2 Å². The van der Waals surface area contributed by atoms with E-state index in [-0.39, 0.29) is 6.42 Å². The average Bonchev–Trinajstić information content (AvgIpc) is 2.66. The van der Waals surface area contributed by atoms with Crippen molar-refractivity contribution >= 4 is 11.9 Å². The molecule has 0 aliphatic heterocycles. The topological polar surface area (TPSA) is 74.6 Å². The van der Waals surface area contributed by atoms with E-state index in [9.17, 15) is 19.8 Å². The van der Waals surface area contributed by atoms with E-state index in [0.29, 0.717) is 29.4 Å². The van der Waals surface area contributed by atoms with Crippen molar-refractivity contribution in [2.24, 2.45) is 11.8 Å². The molecule has 0 amide bonds. The van der Waals surface area contributed by atoms with E-state index in [4.69, 9.17) is 0 Å². The van der Waals surface area contributed by atoms with Crippen LogP contribution in [0, 0.1) is 11.8 Å². The Morgan fingerprint density at radius 3 is 2.03 bits per heavy atom. The molecule has 2 N–H and O–H groups in total. The molecular weight excluding hydrogens is 376 g/mol. The smallest absolute Gasteiger partial charge is 0.318 e. The fourth-order valence-electron chi connectivity index (χ4n) is 4.82. The number of hydrogen-bond acceptors (Lipinski definition) is 2. The van der Waals surface area contributed by atoms with Gasteiger partial charge in [0, 0.05) is 0 Å². The summed E-state index contributed by atoms with van der Waals surface area (Å²) in [4.78, 5) is 24.7. The van der Waals surface area contributed by atoms with Crippen LogP contribution in [-0.2, 0) is 27.8 Å². The molecular formula is C26H32O4. The molecule has 2 aromatic rings. The summed E-state index contributed by atoms with van der Waals surface area (Å²) < 4.78 is 0. The molecule has 1 aliphatic carbocycles. The highest BCUT2D eigenvalue weighted by Crippen LogP contribution is 2.48. The molecule has 0 saturated heterocycles. The second-order valence-corrected chi connectivity index (χ2v) is 9.45. The van der Waals surface area contributed by atoms with Crippen LogP contribution in [0.2, 0.25) is 0 Å². The number of fused-ring (bicyclic) bond motifs is 1. The van der Waals surface area contributed by atoms with E-state index in [1.54, 1.807) is 0 Å². The molecule has 30 heavy (non-hydrogen) atoms. The Morgan fingerprint density at radius 2 is 1.50 bits per heavy atom. The van der Waals surface area contributed by atoms with E-state index >= 15 is 0 Å². The lowest BCUT2D eigenvalue weighted by molar-refractivity contribution is -0.145. The van der Waals surface area contributed by atoms with Crippen molar-refractivity contribution in [2.75, 3.05) is 0 Å². The summed E-state index contributed by atoms with van der Waals surface area (Å²) in [5, 5.41) is 20.2. The van der Waals surface area contributed by atoms with E-state index in [1.807, 2.05) is 42.5 Å². The van der Waals surface area contributed by atoms with Gasteiger partial charge in [-0.2, -0.15) is 0 Å². The Bertz CT molecular complexity index is 927. The first-order chi connectivity index (χ1) is 14.1. The van der Waals surface area contributed by atoms with Gasteiger partial charge in [0.2, 0.25) is 0 Å². The first-order valence-corrected chi connectivity index (χ1v) is 10.8. The van der Waals surface area contributed by atoms with Crippen molar-refractivity contribution < 1.29 is 19.8 Å². The zero-order chi connectivity index (χ0) is 22.1. The minimum Gasteiger partial charge on any atom is -0.481 e. The van der Waals surface area contributed by atoms with Gasteiger partial charge in [-0.3, -0.25) is 9.59 Å². The lowest BCUT2D eigenvalue weighted by atomic mass is 9.62. The van der Waals surface area contributed by atoms with Crippen LogP contribution in [0.5, 0.6) is 0 Å². The molecule has 0 heterocycles. The second-order valence-electron chi connectivity index (χ2n) is 9.45. The van der Waals surface area contributed by atoms with Crippen LogP contribution >= 0.6 is 0 Å². The van der Waals surface area contributed by atoms with Crippen LogP contribution in [0.15, 0.2) is 42.5 Å². The van der Waals surface area contributed by atoms with Gasteiger partial charge in [-0.25, -0.2) is 0 Å². The summed E-state index contributed by atoms with van der Waals surface area (Å²) in [6.07, 6.45) is 2.36. The van der Waals surface area contributed by atoms with Crippen molar-refractivity contribution in [3.05, 3.63) is 70.3 Å². The Morgan fingerprint density at radius 1 is 0.933 bits per heavy atom. The summed E-state index contributed by atoms with van der Waals surface area (Å²) in [7, 11) is 0. The van der Waals surface area contributed by atoms with Gasteiger partial charge in [-0.15, -0.1) is 0 Å². The summed E-state index contributed by atoms with van der Waals surface area (Å²) >= 11 is 0. The van der Waals surface area contributed by atoms with E-state index in [2.05, 4.69) is 27.7 Å². The normalized spacial score (nSPS) is 20.9. The maximum atomic E-state index is 12.8. The van der Waals surface area contributed by atoms with Crippen LogP contribution in [0.3, 0.4) is 0 Å². The molecule has 2 atom stereocenters. The molecule has 3 rings (SSSR count). The van der Waals surface area contributed by atoms with Crippen molar-refractivity contribution in [3.63, 3.8) is 0 Å². The van der Waals surface area contributed by atoms with Crippen molar-refractivity contribution in [1.29, 1.82) is 0 Å². The number of carbonyl (C=O) groups is 2. The number of hydrogen-bond donors (Lipinski definition) is 2. The highest BCUT2D eigenvalue weighted by atomic mass is 16.4. The van der Waals surface area contributed by atoms with E-state index in [0.717, 1.165) is 24.0 Å². The predicted molar refractivity (Wildman–Crippen MR) is 118 cm³/mol. The summed E-state index contributed by atoms with van der Waals surface area (Å²) in [6, 6.07) is 13.6. The van der Waals surface area contributed by atoms with Gasteiger partial charge in [-0.05, 0) is 65.3 Å². The number of carboxylic acids is 2. The molecule has 0 spiro atoms. The SMILES string of the molecule is CC(C)Cc1ccc([C@]2(C(=O)O)CC[C@@H](C(=O)O)c3ccc(CC(C)C)cc32)cc1. The quantitative estimate of drug-likeness (QED) is 0.642. The third kappa shape index (κ3) is 4.14. The zero-order valence-electron chi connectivity index (χ0n) is 18.3. The molecule has 0 aromatic heterocycles. The summed E-state index contributed by atoms with van der Waals surface area (Å²) in [6.45, 7) is 8.56. The Kier molecular flexibility index (Phi) is 6.35. The van der Waals surface area contributed by atoms with Crippen LogP contribution < -0.4 is 0 Å². The monoisotopic (exact) mass is 408 g/mol. The average molecular weight is 409 g/mol. The molecule has 0 radical (unpaired) electrons. The third-order valence-electron chi connectivity index (χ3n) is 6.16. The fourth-order valence-corrected chi connectivity index (χ4v) is 4.82. The van der Waals surface area contributed by atoms with Crippen LogP contribution in [0.4, 0.5) is 0 Å². The van der Waals surface area contributed by atoms with Gasteiger partial charge in [0.1, 0.15) is 5.41 Å². The number of carboxylic acid groups (broad SMARTS) is 2. The summed E-state index contributed by atoms with van der Waals surface area (Å²) in [5.74, 6) is -1.52. The first-order valence-electron chi connectivity index (χ1n) is 10.8. The lowest BCUT2D eigenvalue weighted by Gasteiger charge is -2.39. The molecule has 0 fully saturated rings. The first kappa shape index (κ1) is 22.1. The number of aliphatic carboxylic acids is 2. The van der Waals surface area contributed by atoms with Crippen molar-refractivity contribution in [2.45, 2.75) is 64.7 Å². The second kappa shape index (κ2) is 8.63. The van der Waals surface area contributed by atoms with E-state index in [1.165, 1.54) is 5.56 Å². The largest absolute Gasteiger partial charge is 0.481 e. The summed E-state index contributed by atoms with van der Waals surface area (Å²) in [5.41, 5.74) is 3.02. The molecule has 1 aliphatic rings. The Balaban J connectivity index is 2.18. The minimum atomic E-state index is -1.22. The Hall–Kier alpha value is -2.62. The van der Waals surface area contributed by atoms with Crippen LogP contribution in [0.25, 0.3) is 0 Å². The third-order valence-corrected chi connectivity index (χ3v) is 6.16. The lowest BCUT2D eigenvalue weighted by Crippen LogP contribution is -2.42. The standard InChI is InChI=1S/C26H32O4/c1-16(2)13-18-5-8-20(9-6-18)26(25(29)30)12-11-22(24(27)28)21-10-7-19(14-17(3)4)15-23(21)26/h5-10,15-17,22H,11-14H2,1-4H3,(H,27,28)(H,29,30)/t22-,26-/m1/s1. The molecule has 2 aromatic carbocycles. The fraction of sp³-hybridized carbons (Fsp3) is 0.462. The highest BCUT2D eigenvalue weighted by Gasteiger charge is 2.48. The Labute approximate surface area is 179 Å². The van der Waals surface area contributed by atoms with Gasteiger partial charge in [0.05, 0.1) is 5.92 Å². The van der Waals surface area contributed by atoms with E-state index < -0.39 is 23.3 Å². The van der Waals surface area contributed by atoms with Crippen LogP contribution in [0.1, 0.15) is 74.3 Å². The van der Waals surface area contributed by atoms with Gasteiger partial charge in [-0.1, -0.05) is 70.2 Å². The predicted octanol–water partition coefficient (Wildman–Crippen LogP) is 5.42. The molecule has 0 saturated carbocycles. The van der Waals surface area contributed by atoms with Gasteiger partial charge in [0.25, 0.3) is 0 Å². The molecule has 0 bridgehead atoms. The van der Waals surface area contributed by atoms with Crippen molar-refractivity contribution in [3.8, 4) is 0 Å². The van der Waals surface area contributed by atoms with Gasteiger partial charge >= 0.3 is 11.9 Å². The number of benzene rings is 2. The number of rotatable bonds is 7. The molecule has 0 unspecified atom stereocenters. The molecule has 4 nitrogen and oxygen atoms in total. The maximum absolute atomic E-state index is 12.8. The minimum absolute atomic E-state index is 0.279. The highest BCUT2D eigenvalue weighted by molar-refractivity contribution is 5.89.